The average Bonchev–Trinajstić information content (AvgIpc) is 2.40. The molecule has 1 aromatic heterocycles. The van der Waals surface area contributed by atoms with Gasteiger partial charge in [0.15, 0.2) is 0 Å². The predicted octanol–water partition coefficient (Wildman–Crippen LogP) is 3.43. The maximum absolute atomic E-state index is 4.38. The lowest BCUT2D eigenvalue weighted by atomic mass is 9.78. The van der Waals surface area contributed by atoms with Crippen LogP contribution in [0.4, 0.5) is 0 Å². The summed E-state index contributed by atoms with van der Waals surface area (Å²) < 4.78 is 0. The number of hydrogen-bond acceptors (Lipinski definition) is 2. The van der Waals surface area contributed by atoms with E-state index in [-0.39, 0.29) is 0 Å². The fourth-order valence-electron chi connectivity index (χ4n) is 3.14. The van der Waals surface area contributed by atoms with E-state index in [0.717, 1.165) is 30.8 Å². The van der Waals surface area contributed by atoms with Crippen LogP contribution in [0.1, 0.15) is 45.2 Å². The van der Waals surface area contributed by atoms with Gasteiger partial charge in [0.05, 0.1) is 0 Å². The third kappa shape index (κ3) is 3.81. The summed E-state index contributed by atoms with van der Waals surface area (Å²) in [5, 5.41) is 3.76. The Morgan fingerprint density at radius 3 is 2.83 bits per heavy atom. The summed E-state index contributed by atoms with van der Waals surface area (Å²) in [7, 11) is 0. The minimum absolute atomic E-state index is 0.725. The zero-order valence-corrected chi connectivity index (χ0v) is 11.7. The largest absolute Gasteiger partial charge is 0.313 e. The van der Waals surface area contributed by atoms with Crippen LogP contribution in [-0.2, 0) is 6.42 Å². The number of nitrogens with one attached hydrogen (secondary N) is 1. The normalized spacial score (nSPS) is 24.4. The summed E-state index contributed by atoms with van der Waals surface area (Å²) in [5.74, 6) is 1.67. The molecule has 0 spiro atoms. The molecule has 2 rings (SSSR count). The molecule has 18 heavy (non-hydrogen) atoms. The zero-order valence-electron chi connectivity index (χ0n) is 11.7. The second kappa shape index (κ2) is 6.89. The summed E-state index contributed by atoms with van der Waals surface area (Å²) in [4.78, 5) is 4.38. The molecule has 1 N–H and O–H groups in total. The standard InChI is InChI=1S/C16H26N2/c1-13(2)15-8-3-4-9-16(15)18-12-10-14-7-5-6-11-17-14/h5-7,11,13,15-16,18H,3-4,8-10,12H2,1-2H3. The van der Waals surface area contributed by atoms with Crippen LogP contribution in [0.15, 0.2) is 24.4 Å². The fourth-order valence-corrected chi connectivity index (χ4v) is 3.14. The van der Waals surface area contributed by atoms with Gasteiger partial charge in [-0.15, -0.1) is 0 Å². The molecule has 2 unspecified atom stereocenters. The van der Waals surface area contributed by atoms with Crippen molar-refractivity contribution in [1.29, 1.82) is 0 Å². The van der Waals surface area contributed by atoms with Gasteiger partial charge in [-0.05, 0) is 36.8 Å². The highest BCUT2D eigenvalue weighted by molar-refractivity contribution is 5.03. The van der Waals surface area contributed by atoms with Crippen molar-refractivity contribution >= 4 is 0 Å². The van der Waals surface area contributed by atoms with Crippen LogP contribution in [0.3, 0.4) is 0 Å². The van der Waals surface area contributed by atoms with E-state index in [1.54, 1.807) is 0 Å². The van der Waals surface area contributed by atoms with Gasteiger partial charge in [0.2, 0.25) is 0 Å². The summed E-state index contributed by atoms with van der Waals surface area (Å²) in [6.45, 7) is 5.79. The van der Waals surface area contributed by atoms with Crippen LogP contribution in [0, 0.1) is 11.8 Å². The van der Waals surface area contributed by atoms with Crippen molar-refractivity contribution in [3.8, 4) is 0 Å². The molecular formula is C16H26N2. The van der Waals surface area contributed by atoms with Gasteiger partial charge in [-0.1, -0.05) is 32.8 Å². The van der Waals surface area contributed by atoms with E-state index in [2.05, 4.69) is 36.3 Å². The topological polar surface area (TPSA) is 24.9 Å². The lowest BCUT2D eigenvalue weighted by Gasteiger charge is -2.35. The molecule has 0 saturated heterocycles. The Bertz CT molecular complexity index is 334. The lowest BCUT2D eigenvalue weighted by molar-refractivity contribution is 0.206. The Balaban J connectivity index is 1.78. The van der Waals surface area contributed by atoms with E-state index < -0.39 is 0 Å². The highest BCUT2D eigenvalue weighted by atomic mass is 14.9. The molecule has 1 aromatic rings. The van der Waals surface area contributed by atoms with E-state index in [1.807, 2.05) is 12.3 Å². The number of aromatic nitrogens is 1. The molecule has 0 bridgehead atoms. The monoisotopic (exact) mass is 246 g/mol. The predicted molar refractivity (Wildman–Crippen MR) is 76.5 cm³/mol. The van der Waals surface area contributed by atoms with E-state index in [4.69, 9.17) is 0 Å². The highest BCUT2D eigenvalue weighted by Gasteiger charge is 2.26. The van der Waals surface area contributed by atoms with E-state index in [1.165, 1.54) is 31.4 Å². The zero-order chi connectivity index (χ0) is 12.8. The van der Waals surface area contributed by atoms with Gasteiger partial charge < -0.3 is 5.32 Å². The van der Waals surface area contributed by atoms with Gasteiger partial charge in [0, 0.05) is 30.9 Å². The molecule has 0 aliphatic heterocycles. The maximum atomic E-state index is 4.38. The smallest absolute Gasteiger partial charge is 0.0416 e. The molecule has 1 aliphatic rings. The Hall–Kier alpha value is -0.890. The third-order valence-corrected chi connectivity index (χ3v) is 4.19. The summed E-state index contributed by atoms with van der Waals surface area (Å²) >= 11 is 0. The van der Waals surface area contributed by atoms with Crippen molar-refractivity contribution in [2.45, 2.75) is 52.0 Å². The molecule has 2 heteroatoms. The summed E-state index contributed by atoms with van der Waals surface area (Å²) in [6.07, 6.45) is 8.49. The first-order valence-corrected chi connectivity index (χ1v) is 7.40. The molecule has 0 aromatic carbocycles. The minimum atomic E-state index is 0.725. The Morgan fingerprint density at radius 2 is 2.11 bits per heavy atom. The van der Waals surface area contributed by atoms with Gasteiger partial charge in [-0.2, -0.15) is 0 Å². The highest BCUT2D eigenvalue weighted by Crippen LogP contribution is 2.30. The van der Waals surface area contributed by atoms with Crippen LogP contribution in [0.25, 0.3) is 0 Å². The Kier molecular flexibility index (Phi) is 5.18. The Morgan fingerprint density at radius 1 is 1.28 bits per heavy atom. The average molecular weight is 246 g/mol. The van der Waals surface area contributed by atoms with E-state index in [9.17, 15) is 0 Å². The van der Waals surface area contributed by atoms with Crippen molar-refractivity contribution in [1.82, 2.24) is 10.3 Å². The van der Waals surface area contributed by atoms with E-state index in [0.29, 0.717) is 0 Å². The summed E-state index contributed by atoms with van der Waals surface area (Å²) in [6, 6.07) is 6.89. The molecule has 2 nitrogen and oxygen atoms in total. The van der Waals surface area contributed by atoms with E-state index >= 15 is 0 Å². The molecule has 100 valence electrons. The van der Waals surface area contributed by atoms with Crippen LogP contribution in [0.5, 0.6) is 0 Å². The van der Waals surface area contributed by atoms with Crippen LogP contribution in [0.2, 0.25) is 0 Å². The summed E-state index contributed by atoms with van der Waals surface area (Å²) in [5.41, 5.74) is 1.20. The molecule has 0 amide bonds. The van der Waals surface area contributed by atoms with Crippen LogP contribution in [-0.4, -0.2) is 17.6 Å². The van der Waals surface area contributed by atoms with Crippen molar-refractivity contribution in [2.24, 2.45) is 11.8 Å². The SMILES string of the molecule is CC(C)C1CCCCC1NCCc1ccccn1. The lowest BCUT2D eigenvalue weighted by Crippen LogP contribution is -2.41. The molecule has 1 aliphatic carbocycles. The quantitative estimate of drug-likeness (QED) is 0.861. The molecule has 0 radical (unpaired) electrons. The number of rotatable bonds is 5. The molecule has 1 saturated carbocycles. The first kappa shape index (κ1) is 13.5. The van der Waals surface area contributed by atoms with Crippen molar-refractivity contribution < 1.29 is 0 Å². The van der Waals surface area contributed by atoms with Crippen molar-refractivity contribution in [2.75, 3.05) is 6.54 Å². The third-order valence-electron chi connectivity index (χ3n) is 4.19. The first-order chi connectivity index (χ1) is 8.77. The van der Waals surface area contributed by atoms with Crippen molar-refractivity contribution in [3.05, 3.63) is 30.1 Å². The molecule has 2 atom stereocenters. The minimum Gasteiger partial charge on any atom is -0.313 e. The second-order valence-corrected chi connectivity index (χ2v) is 5.82. The van der Waals surface area contributed by atoms with Crippen molar-refractivity contribution in [3.63, 3.8) is 0 Å². The number of pyridine rings is 1. The van der Waals surface area contributed by atoms with Crippen LogP contribution < -0.4 is 5.32 Å². The van der Waals surface area contributed by atoms with Gasteiger partial charge >= 0.3 is 0 Å². The molecule has 1 heterocycles. The first-order valence-electron chi connectivity index (χ1n) is 7.40. The number of hydrogen-bond donors (Lipinski definition) is 1. The maximum Gasteiger partial charge on any atom is 0.0416 e. The molecular weight excluding hydrogens is 220 g/mol. The van der Waals surface area contributed by atoms with Gasteiger partial charge in [0.25, 0.3) is 0 Å². The second-order valence-electron chi connectivity index (χ2n) is 5.82. The van der Waals surface area contributed by atoms with Gasteiger partial charge in [-0.3, -0.25) is 4.98 Å². The molecule has 1 fully saturated rings. The van der Waals surface area contributed by atoms with Gasteiger partial charge in [-0.25, -0.2) is 0 Å². The fraction of sp³-hybridized carbons (Fsp3) is 0.688. The van der Waals surface area contributed by atoms with Gasteiger partial charge in [0.1, 0.15) is 0 Å². The van der Waals surface area contributed by atoms with Crippen LogP contribution >= 0.6 is 0 Å². The number of nitrogens with zero attached hydrogens (tertiary/aromatic N) is 1. The Labute approximate surface area is 111 Å².